The van der Waals surface area contributed by atoms with Crippen LogP contribution in [-0.2, 0) is 30.3 Å². The van der Waals surface area contributed by atoms with Crippen molar-refractivity contribution in [3.8, 4) is 0 Å². The average molecular weight is 600 g/mol. The maximum atomic E-state index is 13.4. The molecule has 0 fully saturated rings. The highest BCUT2D eigenvalue weighted by Gasteiger charge is 2.28. The van der Waals surface area contributed by atoms with Crippen LogP contribution >= 0.6 is 0 Å². The molecule has 0 aliphatic heterocycles. The largest absolute Gasteiger partial charge is 0.463 e. The van der Waals surface area contributed by atoms with Crippen LogP contribution in [0.4, 0.5) is 5.69 Å². The number of hydrogen-bond donors (Lipinski definition) is 4. The van der Waals surface area contributed by atoms with E-state index in [1.807, 2.05) is 66.7 Å². The fourth-order valence-corrected chi connectivity index (χ4v) is 4.66. The second-order valence-electron chi connectivity index (χ2n) is 10.5. The molecule has 0 unspecified atom stereocenters. The molecule has 0 bridgehead atoms. The number of aliphatic hydroxyl groups excluding tert-OH is 1. The van der Waals surface area contributed by atoms with Gasteiger partial charge >= 0.3 is 5.97 Å². The first-order valence-electron chi connectivity index (χ1n) is 14.7. The van der Waals surface area contributed by atoms with Crippen molar-refractivity contribution in [3.63, 3.8) is 0 Å². The molecule has 0 spiro atoms. The van der Waals surface area contributed by atoms with Crippen LogP contribution in [-0.4, -0.2) is 54.1 Å². The lowest BCUT2D eigenvalue weighted by molar-refractivity contribution is -0.146. The number of fused-ring (bicyclic) bond motifs is 1. The first kappa shape index (κ1) is 33.7. The third kappa shape index (κ3) is 11.1. The van der Waals surface area contributed by atoms with Crippen LogP contribution in [0.2, 0.25) is 0 Å². The molecule has 0 saturated carbocycles. The number of unbranched alkanes of at least 4 members (excludes halogenated alkanes) is 1. The van der Waals surface area contributed by atoms with Crippen molar-refractivity contribution < 1.29 is 29.0 Å². The summed E-state index contributed by atoms with van der Waals surface area (Å²) in [6.07, 6.45) is 4.97. The van der Waals surface area contributed by atoms with Gasteiger partial charge in [0.05, 0.1) is 18.6 Å². The molecule has 3 aromatic rings. The van der Waals surface area contributed by atoms with Crippen molar-refractivity contribution in [1.29, 1.82) is 0 Å². The van der Waals surface area contributed by atoms with E-state index >= 15 is 0 Å². The maximum Gasteiger partial charge on any atom is 0.305 e. The van der Waals surface area contributed by atoms with E-state index in [2.05, 4.69) is 29.1 Å². The van der Waals surface area contributed by atoms with Crippen LogP contribution < -0.4 is 16.0 Å². The molecule has 0 saturated heterocycles. The molecular weight excluding hydrogens is 558 g/mol. The van der Waals surface area contributed by atoms with Crippen LogP contribution in [0.3, 0.4) is 0 Å². The van der Waals surface area contributed by atoms with E-state index in [0.29, 0.717) is 24.9 Å². The van der Waals surface area contributed by atoms with E-state index in [-0.39, 0.29) is 32.5 Å². The van der Waals surface area contributed by atoms with E-state index in [4.69, 9.17) is 4.74 Å². The van der Waals surface area contributed by atoms with Gasteiger partial charge < -0.3 is 25.8 Å². The zero-order valence-electron chi connectivity index (χ0n) is 24.9. The summed E-state index contributed by atoms with van der Waals surface area (Å²) in [5.74, 6) is -2.90. The molecule has 0 aliphatic carbocycles. The molecule has 44 heavy (non-hydrogen) atoms. The standard InChI is InChI=1S/C35H41N3O6/c1-3-5-7-17-33(41)44-24-31(35(43)37-29-19-18-26-15-10-11-16-27(26)21-29)38-34(42)28(12-4-2)22-32(40)36-30(23-39)20-25-13-8-6-9-14-25/h3-4,6,8-11,13-16,18-19,21,28,30-31,39H,1-2,5,7,12,17,20,22-24H2,(H,36,40)(H,37,43)(H,38,42)/t28-,30+,31-/m0/s1. The fourth-order valence-electron chi connectivity index (χ4n) is 4.66. The zero-order valence-corrected chi connectivity index (χ0v) is 24.9. The third-order valence-electron chi connectivity index (χ3n) is 7.01. The number of rotatable bonds is 18. The van der Waals surface area contributed by atoms with Gasteiger partial charge in [-0.1, -0.05) is 72.8 Å². The molecule has 0 aliphatic rings. The summed E-state index contributed by atoms with van der Waals surface area (Å²) >= 11 is 0. The minimum absolute atomic E-state index is 0.146. The predicted octanol–water partition coefficient (Wildman–Crippen LogP) is 4.46. The van der Waals surface area contributed by atoms with Gasteiger partial charge in [0.1, 0.15) is 12.6 Å². The van der Waals surface area contributed by atoms with Gasteiger partial charge in [0.15, 0.2) is 0 Å². The summed E-state index contributed by atoms with van der Waals surface area (Å²) in [6.45, 7) is 6.69. The van der Waals surface area contributed by atoms with Crippen molar-refractivity contribution in [2.75, 3.05) is 18.5 Å². The Morgan fingerprint density at radius 1 is 0.864 bits per heavy atom. The molecule has 0 radical (unpaired) electrons. The van der Waals surface area contributed by atoms with E-state index in [1.165, 1.54) is 6.08 Å². The van der Waals surface area contributed by atoms with E-state index in [0.717, 1.165) is 16.3 Å². The number of carbonyl (C=O) groups is 4. The summed E-state index contributed by atoms with van der Waals surface area (Å²) in [6, 6.07) is 20.8. The Morgan fingerprint density at radius 3 is 2.30 bits per heavy atom. The van der Waals surface area contributed by atoms with Crippen molar-refractivity contribution in [2.45, 2.75) is 50.6 Å². The summed E-state index contributed by atoms with van der Waals surface area (Å²) in [5, 5.41) is 20.0. The maximum absolute atomic E-state index is 13.4. The SMILES string of the molecule is C=CCCCC(=O)OC[C@H](NC(=O)[C@@H](CC=C)CC(=O)N[C@@H](CO)Cc1ccccc1)C(=O)Nc1ccc2ccccc2c1. The van der Waals surface area contributed by atoms with Gasteiger partial charge in [-0.2, -0.15) is 0 Å². The second-order valence-corrected chi connectivity index (χ2v) is 10.5. The Morgan fingerprint density at radius 2 is 1.59 bits per heavy atom. The molecule has 0 heterocycles. The predicted molar refractivity (Wildman–Crippen MR) is 172 cm³/mol. The molecule has 9 nitrogen and oxygen atoms in total. The van der Waals surface area contributed by atoms with E-state index in [9.17, 15) is 24.3 Å². The summed E-state index contributed by atoms with van der Waals surface area (Å²) < 4.78 is 5.35. The Hall–Kier alpha value is -4.76. The summed E-state index contributed by atoms with van der Waals surface area (Å²) in [7, 11) is 0. The topological polar surface area (TPSA) is 134 Å². The second kappa shape index (κ2) is 18.0. The molecule has 3 rings (SSSR count). The van der Waals surface area contributed by atoms with Gasteiger partial charge in [0, 0.05) is 18.5 Å². The van der Waals surface area contributed by atoms with Gasteiger partial charge in [-0.25, -0.2) is 0 Å². The van der Waals surface area contributed by atoms with Crippen LogP contribution in [0.25, 0.3) is 10.8 Å². The van der Waals surface area contributed by atoms with Gasteiger partial charge in [0.2, 0.25) is 11.8 Å². The number of hydrogen-bond acceptors (Lipinski definition) is 6. The molecule has 232 valence electrons. The van der Waals surface area contributed by atoms with Crippen molar-refractivity contribution in [2.24, 2.45) is 5.92 Å². The monoisotopic (exact) mass is 599 g/mol. The Bertz CT molecular complexity index is 1420. The Labute approximate surface area is 258 Å². The Kier molecular flexibility index (Phi) is 13.8. The average Bonchev–Trinajstić information content (AvgIpc) is 3.02. The van der Waals surface area contributed by atoms with Gasteiger partial charge in [-0.05, 0) is 54.2 Å². The van der Waals surface area contributed by atoms with Crippen LogP contribution in [0.5, 0.6) is 0 Å². The normalized spacial score (nSPS) is 12.8. The van der Waals surface area contributed by atoms with Gasteiger partial charge in [0.25, 0.3) is 5.91 Å². The summed E-state index contributed by atoms with van der Waals surface area (Å²) in [4.78, 5) is 52.0. The molecule has 9 heteroatoms. The molecule has 3 aromatic carbocycles. The molecular formula is C35H41N3O6. The Balaban J connectivity index is 1.68. The minimum atomic E-state index is -1.21. The number of carbonyl (C=O) groups excluding carboxylic acids is 4. The van der Waals surface area contributed by atoms with Crippen LogP contribution in [0.1, 0.15) is 37.7 Å². The number of aliphatic hydroxyl groups is 1. The number of ether oxygens (including phenoxy) is 1. The number of anilines is 1. The number of amides is 3. The molecule has 0 aromatic heterocycles. The van der Waals surface area contributed by atoms with Gasteiger partial charge in [-0.3, -0.25) is 19.2 Å². The fraction of sp³-hybridized carbons (Fsp3) is 0.314. The zero-order chi connectivity index (χ0) is 31.7. The van der Waals surface area contributed by atoms with Crippen LogP contribution in [0, 0.1) is 5.92 Å². The first-order valence-corrected chi connectivity index (χ1v) is 14.7. The molecule has 3 atom stereocenters. The molecule has 4 N–H and O–H groups in total. The minimum Gasteiger partial charge on any atom is -0.463 e. The van der Waals surface area contributed by atoms with Crippen molar-refractivity contribution in [3.05, 3.63) is 104 Å². The lowest BCUT2D eigenvalue weighted by Gasteiger charge is -2.23. The van der Waals surface area contributed by atoms with Gasteiger partial charge in [-0.15, -0.1) is 13.2 Å². The van der Waals surface area contributed by atoms with E-state index < -0.39 is 41.7 Å². The number of allylic oxidation sites excluding steroid dienone is 2. The first-order chi connectivity index (χ1) is 21.3. The number of esters is 1. The summed E-state index contributed by atoms with van der Waals surface area (Å²) in [5.41, 5.74) is 1.47. The highest BCUT2D eigenvalue weighted by molar-refractivity contribution is 5.99. The van der Waals surface area contributed by atoms with Crippen molar-refractivity contribution >= 4 is 40.2 Å². The number of nitrogens with one attached hydrogen (secondary N) is 3. The third-order valence-corrected chi connectivity index (χ3v) is 7.01. The smallest absolute Gasteiger partial charge is 0.305 e. The quantitative estimate of drug-likeness (QED) is 0.0969. The number of benzene rings is 3. The highest BCUT2D eigenvalue weighted by atomic mass is 16.5. The highest BCUT2D eigenvalue weighted by Crippen LogP contribution is 2.19. The lowest BCUT2D eigenvalue weighted by Crippen LogP contribution is -2.49. The molecule has 3 amide bonds. The van der Waals surface area contributed by atoms with E-state index in [1.54, 1.807) is 12.1 Å². The van der Waals surface area contributed by atoms with Crippen molar-refractivity contribution in [1.82, 2.24) is 10.6 Å². The lowest BCUT2D eigenvalue weighted by atomic mass is 9.98. The van der Waals surface area contributed by atoms with Crippen LogP contribution in [0.15, 0.2) is 98.1 Å².